The van der Waals surface area contributed by atoms with E-state index in [-0.39, 0.29) is 0 Å². The van der Waals surface area contributed by atoms with E-state index in [0.29, 0.717) is 17.9 Å². The summed E-state index contributed by atoms with van der Waals surface area (Å²) in [6.45, 7) is 8.26. The van der Waals surface area contributed by atoms with Crippen LogP contribution in [0.15, 0.2) is 71.6 Å². The third kappa shape index (κ3) is 3.60. The van der Waals surface area contributed by atoms with Crippen molar-refractivity contribution >= 4 is 9.84 Å². The molecule has 0 spiro atoms. The molecule has 0 N–H and O–H groups in total. The second kappa shape index (κ2) is 6.91. The standard InChI is InChI=1S/C20H23NO2S/c1-16-8-10-19(11-9-16)24(22,23)20-12-13-21(14-17(20)2)15-18-6-4-3-5-7-18/h3-11,20H,2,12-15H2,1H3. The minimum Gasteiger partial charge on any atom is -0.295 e. The van der Waals surface area contributed by atoms with Crippen LogP contribution < -0.4 is 0 Å². The smallest absolute Gasteiger partial charge is 0.185 e. The molecular weight excluding hydrogens is 318 g/mol. The number of piperidine rings is 1. The molecule has 24 heavy (non-hydrogen) atoms. The van der Waals surface area contributed by atoms with Gasteiger partial charge in [0.25, 0.3) is 0 Å². The summed E-state index contributed by atoms with van der Waals surface area (Å²) >= 11 is 0. The molecule has 0 aromatic heterocycles. The Morgan fingerprint density at radius 2 is 1.75 bits per heavy atom. The predicted molar refractivity (Wildman–Crippen MR) is 97.6 cm³/mol. The summed E-state index contributed by atoms with van der Waals surface area (Å²) in [4.78, 5) is 2.66. The van der Waals surface area contributed by atoms with Gasteiger partial charge in [-0.1, -0.05) is 54.6 Å². The average molecular weight is 341 g/mol. The van der Waals surface area contributed by atoms with E-state index in [9.17, 15) is 8.42 Å². The van der Waals surface area contributed by atoms with Crippen LogP contribution in [-0.4, -0.2) is 31.7 Å². The molecule has 1 aliphatic heterocycles. The molecule has 2 aromatic rings. The molecule has 3 rings (SSSR count). The van der Waals surface area contributed by atoms with Gasteiger partial charge in [-0.3, -0.25) is 4.90 Å². The lowest BCUT2D eigenvalue weighted by molar-refractivity contribution is 0.259. The highest BCUT2D eigenvalue weighted by Crippen LogP contribution is 2.28. The van der Waals surface area contributed by atoms with Crippen LogP contribution in [0.1, 0.15) is 17.5 Å². The maximum Gasteiger partial charge on any atom is 0.185 e. The summed E-state index contributed by atoms with van der Waals surface area (Å²) in [6, 6.07) is 17.3. The van der Waals surface area contributed by atoms with Gasteiger partial charge >= 0.3 is 0 Å². The van der Waals surface area contributed by atoms with Crippen LogP contribution >= 0.6 is 0 Å². The number of aryl methyl sites for hydroxylation is 1. The largest absolute Gasteiger partial charge is 0.295 e. The summed E-state index contributed by atoms with van der Waals surface area (Å²) in [6.07, 6.45) is 0.599. The molecule has 0 aliphatic carbocycles. The zero-order chi connectivity index (χ0) is 17.2. The van der Waals surface area contributed by atoms with Gasteiger partial charge in [0.15, 0.2) is 9.84 Å². The summed E-state index contributed by atoms with van der Waals surface area (Å²) < 4.78 is 25.8. The quantitative estimate of drug-likeness (QED) is 0.798. The monoisotopic (exact) mass is 341 g/mol. The molecule has 0 bridgehead atoms. The summed E-state index contributed by atoms with van der Waals surface area (Å²) in [5, 5.41) is -0.479. The Morgan fingerprint density at radius 3 is 2.38 bits per heavy atom. The van der Waals surface area contributed by atoms with Gasteiger partial charge in [-0.25, -0.2) is 8.42 Å². The van der Waals surface area contributed by atoms with Gasteiger partial charge in [0, 0.05) is 19.6 Å². The molecule has 0 saturated carbocycles. The van der Waals surface area contributed by atoms with E-state index in [0.717, 1.165) is 24.2 Å². The first-order valence-corrected chi connectivity index (χ1v) is 9.76. The number of benzene rings is 2. The molecule has 1 atom stereocenters. The van der Waals surface area contributed by atoms with Crippen molar-refractivity contribution < 1.29 is 8.42 Å². The number of hydrogen-bond acceptors (Lipinski definition) is 3. The van der Waals surface area contributed by atoms with Crippen molar-refractivity contribution in [2.45, 2.75) is 30.0 Å². The predicted octanol–water partition coefficient (Wildman–Crippen LogP) is 3.60. The highest BCUT2D eigenvalue weighted by Gasteiger charge is 2.33. The molecule has 1 saturated heterocycles. The van der Waals surface area contributed by atoms with Crippen LogP contribution in [0.5, 0.6) is 0 Å². The van der Waals surface area contributed by atoms with Crippen LogP contribution in [0.3, 0.4) is 0 Å². The van der Waals surface area contributed by atoms with Gasteiger partial charge in [-0.15, -0.1) is 0 Å². The van der Waals surface area contributed by atoms with E-state index >= 15 is 0 Å². The van der Waals surface area contributed by atoms with Gasteiger partial charge in [0.1, 0.15) is 0 Å². The lowest BCUT2D eigenvalue weighted by Gasteiger charge is -2.33. The molecule has 1 unspecified atom stereocenters. The molecule has 126 valence electrons. The Bertz CT molecular complexity index is 810. The second-order valence-electron chi connectivity index (χ2n) is 6.49. The maximum absolute atomic E-state index is 12.9. The Hall–Kier alpha value is -1.91. The van der Waals surface area contributed by atoms with Crippen LogP contribution in [0.2, 0.25) is 0 Å². The van der Waals surface area contributed by atoms with Crippen molar-refractivity contribution in [1.29, 1.82) is 0 Å². The molecule has 1 aliphatic rings. The molecule has 1 heterocycles. The van der Waals surface area contributed by atoms with Gasteiger partial charge in [0.05, 0.1) is 10.1 Å². The number of likely N-dealkylation sites (tertiary alicyclic amines) is 1. The van der Waals surface area contributed by atoms with E-state index < -0.39 is 15.1 Å². The molecule has 4 heteroatoms. The van der Waals surface area contributed by atoms with Crippen molar-refractivity contribution in [3.63, 3.8) is 0 Å². The van der Waals surface area contributed by atoms with Gasteiger partial charge in [-0.05, 0) is 36.6 Å². The zero-order valence-electron chi connectivity index (χ0n) is 14.0. The Balaban J connectivity index is 1.71. The maximum atomic E-state index is 12.9. The van der Waals surface area contributed by atoms with Crippen molar-refractivity contribution in [2.75, 3.05) is 13.1 Å². The van der Waals surface area contributed by atoms with E-state index in [1.165, 1.54) is 5.56 Å². The first kappa shape index (κ1) is 16.9. The van der Waals surface area contributed by atoms with Gasteiger partial charge in [0.2, 0.25) is 0 Å². The molecule has 2 aromatic carbocycles. The minimum atomic E-state index is -3.35. The Labute approximate surface area is 144 Å². The molecule has 3 nitrogen and oxygen atoms in total. The topological polar surface area (TPSA) is 37.4 Å². The molecule has 0 radical (unpaired) electrons. The first-order valence-electron chi connectivity index (χ1n) is 8.21. The number of nitrogens with zero attached hydrogens (tertiary/aromatic N) is 1. The fourth-order valence-electron chi connectivity index (χ4n) is 3.22. The van der Waals surface area contributed by atoms with Gasteiger partial charge in [-0.2, -0.15) is 0 Å². The number of hydrogen-bond donors (Lipinski definition) is 0. The van der Waals surface area contributed by atoms with Crippen LogP contribution in [0, 0.1) is 6.92 Å². The van der Waals surface area contributed by atoms with Crippen LogP contribution in [0.25, 0.3) is 0 Å². The van der Waals surface area contributed by atoms with E-state index in [4.69, 9.17) is 0 Å². The summed E-state index contributed by atoms with van der Waals surface area (Å²) in [5.41, 5.74) is 3.09. The van der Waals surface area contributed by atoms with Crippen molar-refractivity contribution in [1.82, 2.24) is 4.90 Å². The van der Waals surface area contributed by atoms with Gasteiger partial charge < -0.3 is 0 Å². The molecule has 0 amide bonds. The van der Waals surface area contributed by atoms with Crippen LogP contribution in [-0.2, 0) is 16.4 Å². The average Bonchev–Trinajstić information content (AvgIpc) is 2.56. The molecular formula is C20H23NO2S. The van der Waals surface area contributed by atoms with Crippen LogP contribution in [0.4, 0.5) is 0 Å². The lowest BCUT2D eigenvalue weighted by atomic mass is 10.1. The fourth-order valence-corrected chi connectivity index (χ4v) is 4.99. The number of rotatable bonds is 4. The Kier molecular flexibility index (Phi) is 4.88. The van der Waals surface area contributed by atoms with E-state index in [1.807, 2.05) is 37.3 Å². The fraction of sp³-hybridized carbons (Fsp3) is 0.300. The molecule has 1 fully saturated rings. The van der Waals surface area contributed by atoms with E-state index in [2.05, 4.69) is 23.6 Å². The lowest BCUT2D eigenvalue weighted by Crippen LogP contribution is -2.40. The highest BCUT2D eigenvalue weighted by molar-refractivity contribution is 7.92. The summed E-state index contributed by atoms with van der Waals surface area (Å²) in [5.74, 6) is 0. The third-order valence-electron chi connectivity index (χ3n) is 4.56. The minimum absolute atomic E-state index is 0.399. The van der Waals surface area contributed by atoms with E-state index in [1.54, 1.807) is 12.1 Å². The second-order valence-corrected chi connectivity index (χ2v) is 8.62. The Morgan fingerprint density at radius 1 is 1.08 bits per heavy atom. The zero-order valence-corrected chi connectivity index (χ0v) is 14.8. The third-order valence-corrected chi connectivity index (χ3v) is 6.81. The summed E-state index contributed by atoms with van der Waals surface area (Å²) in [7, 11) is -3.35. The SMILES string of the molecule is C=C1CN(Cc2ccccc2)CCC1S(=O)(=O)c1ccc(C)cc1. The van der Waals surface area contributed by atoms with Crippen molar-refractivity contribution in [3.05, 3.63) is 77.9 Å². The number of sulfone groups is 1. The first-order chi connectivity index (χ1) is 11.5. The highest BCUT2D eigenvalue weighted by atomic mass is 32.2. The van der Waals surface area contributed by atoms with Crippen molar-refractivity contribution in [3.8, 4) is 0 Å². The normalized spacial score (nSPS) is 19.4. The van der Waals surface area contributed by atoms with Crippen molar-refractivity contribution in [2.24, 2.45) is 0 Å².